The molecule has 3 heterocycles. The van der Waals surface area contributed by atoms with Crippen LogP contribution in [0.3, 0.4) is 0 Å². The van der Waals surface area contributed by atoms with Gasteiger partial charge in [0.2, 0.25) is 0 Å². The fourth-order valence-corrected chi connectivity index (χ4v) is 3.02. The minimum absolute atomic E-state index is 0.478. The standard InChI is InChI=1S/C14H17N5S/c1-2-18(10-11-5-3-4-6-16-11)13-12(9-15)19-7-8-20-14(19)17-13/h3-8H,2,9-10,15H2,1H3. The Morgan fingerprint density at radius 2 is 2.30 bits per heavy atom. The average Bonchev–Trinajstić information content (AvgIpc) is 3.06. The van der Waals surface area contributed by atoms with Crippen LogP contribution in [0, 0.1) is 0 Å². The molecule has 0 saturated heterocycles. The van der Waals surface area contributed by atoms with Crippen molar-refractivity contribution in [3.63, 3.8) is 0 Å². The molecule has 0 atom stereocenters. The molecule has 0 aliphatic rings. The maximum atomic E-state index is 5.91. The number of fused-ring (bicyclic) bond motifs is 1. The summed E-state index contributed by atoms with van der Waals surface area (Å²) in [5.41, 5.74) is 8.00. The van der Waals surface area contributed by atoms with Gasteiger partial charge in [-0.15, -0.1) is 11.3 Å². The smallest absolute Gasteiger partial charge is 0.195 e. The zero-order chi connectivity index (χ0) is 13.9. The topological polar surface area (TPSA) is 59.5 Å². The first kappa shape index (κ1) is 13.1. The van der Waals surface area contributed by atoms with Crippen molar-refractivity contribution in [2.75, 3.05) is 11.4 Å². The van der Waals surface area contributed by atoms with E-state index in [9.17, 15) is 0 Å². The molecule has 0 saturated carbocycles. The molecule has 0 aliphatic carbocycles. The fraction of sp³-hybridized carbons (Fsp3) is 0.286. The van der Waals surface area contributed by atoms with Crippen molar-refractivity contribution in [3.05, 3.63) is 47.4 Å². The number of nitrogens with two attached hydrogens (primary N) is 1. The number of rotatable bonds is 5. The number of thiazole rings is 1. The highest BCUT2D eigenvalue weighted by molar-refractivity contribution is 7.15. The predicted molar refractivity (Wildman–Crippen MR) is 81.9 cm³/mol. The second kappa shape index (κ2) is 5.60. The number of hydrogen-bond acceptors (Lipinski definition) is 5. The van der Waals surface area contributed by atoms with Crippen molar-refractivity contribution in [2.24, 2.45) is 5.73 Å². The minimum atomic E-state index is 0.478. The molecule has 5 nitrogen and oxygen atoms in total. The number of anilines is 1. The molecule has 20 heavy (non-hydrogen) atoms. The Morgan fingerprint density at radius 1 is 1.40 bits per heavy atom. The molecular formula is C14H17N5S. The predicted octanol–water partition coefficient (Wildman–Crippen LogP) is 2.28. The van der Waals surface area contributed by atoms with Gasteiger partial charge in [0.05, 0.1) is 17.9 Å². The third kappa shape index (κ3) is 2.28. The molecule has 0 bridgehead atoms. The van der Waals surface area contributed by atoms with Crippen molar-refractivity contribution >= 4 is 22.1 Å². The molecule has 2 N–H and O–H groups in total. The van der Waals surface area contributed by atoms with E-state index < -0.39 is 0 Å². The van der Waals surface area contributed by atoms with Crippen molar-refractivity contribution in [1.82, 2.24) is 14.4 Å². The van der Waals surface area contributed by atoms with E-state index in [0.717, 1.165) is 35.3 Å². The molecule has 3 aromatic heterocycles. The number of nitrogens with zero attached hydrogens (tertiary/aromatic N) is 4. The molecule has 0 amide bonds. The molecule has 104 valence electrons. The highest BCUT2D eigenvalue weighted by atomic mass is 32.1. The Labute approximate surface area is 121 Å². The Hall–Kier alpha value is -1.92. The second-order valence-corrected chi connectivity index (χ2v) is 5.35. The van der Waals surface area contributed by atoms with Gasteiger partial charge >= 0.3 is 0 Å². The Kier molecular flexibility index (Phi) is 3.66. The lowest BCUT2D eigenvalue weighted by molar-refractivity contribution is 0.785. The van der Waals surface area contributed by atoms with Crippen molar-refractivity contribution in [1.29, 1.82) is 0 Å². The first-order valence-corrected chi connectivity index (χ1v) is 7.50. The quantitative estimate of drug-likeness (QED) is 0.782. The summed E-state index contributed by atoms with van der Waals surface area (Å²) in [4.78, 5) is 12.3. The summed E-state index contributed by atoms with van der Waals surface area (Å²) < 4.78 is 2.07. The van der Waals surface area contributed by atoms with Gasteiger partial charge in [-0.25, -0.2) is 4.98 Å². The summed E-state index contributed by atoms with van der Waals surface area (Å²) in [5.74, 6) is 0.965. The molecule has 3 rings (SSSR count). The number of pyridine rings is 1. The van der Waals surface area contributed by atoms with Gasteiger partial charge in [0.1, 0.15) is 0 Å². The maximum Gasteiger partial charge on any atom is 0.195 e. The molecule has 0 radical (unpaired) electrons. The largest absolute Gasteiger partial charge is 0.349 e. The van der Waals surface area contributed by atoms with Gasteiger partial charge in [-0.2, -0.15) is 0 Å². The van der Waals surface area contributed by atoms with Crippen LogP contribution >= 0.6 is 11.3 Å². The van der Waals surface area contributed by atoms with E-state index in [1.54, 1.807) is 11.3 Å². The van der Waals surface area contributed by atoms with E-state index in [0.29, 0.717) is 6.54 Å². The minimum Gasteiger partial charge on any atom is -0.349 e. The van der Waals surface area contributed by atoms with Crippen LogP contribution in [0.25, 0.3) is 4.96 Å². The van der Waals surface area contributed by atoms with Crippen molar-refractivity contribution in [2.45, 2.75) is 20.0 Å². The van der Waals surface area contributed by atoms with Crippen LogP contribution in [0.15, 0.2) is 36.0 Å². The van der Waals surface area contributed by atoms with E-state index in [1.807, 2.05) is 36.0 Å². The fourth-order valence-electron chi connectivity index (χ4n) is 2.29. The molecular weight excluding hydrogens is 270 g/mol. The van der Waals surface area contributed by atoms with Gasteiger partial charge < -0.3 is 10.6 Å². The van der Waals surface area contributed by atoms with Crippen molar-refractivity contribution in [3.8, 4) is 0 Å². The Balaban J connectivity index is 1.96. The second-order valence-electron chi connectivity index (χ2n) is 4.48. The van der Waals surface area contributed by atoms with E-state index in [4.69, 9.17) is 10.7 Å². The van der Waals surface area contributed by atoms with E-state index in [-0.39, 0.29) is 0 Å². The van der Waals surface area contributed by atoms with Crippen LogP contribution in [0.1, 0.15) is 18.3 Å². The zero-order valence-corrected chi connectivity index (χ0v) is 12.2. The first-order valence-electron chi connectivity index (χ1n) is 6.62. The van der Waals surface area contributed by atoms with Gasteiger partial charge in [0, 0.05) is 30.9 Å². The van der Waals surface area contributed by atoms with E-state index in [1.165, 1.54) is 0 Å². The molecule has 0 unspecified atom stereocenters. The summed E-state index contributed by atoms with van der Waals surface area (Å²) in [6.07, 6.45) is 3.84. The molecule has 0 aliphatic heterocycles. The van der Waals surface area contributed by atoms with Gasteiger partial charge in [0.15, 0.2) is 10.8 Å². The van der Waals surface area contributed by atoms with Crippen LogP contribution in [-0.4, -0.2) is 20.9 Å². The molecule has 3 aromatic rings. The van der Waals surface area contributed by atoms with Gasteiger partial charge in [0.25, 0.3) is 0 Å². The number of aromatic nitrogens is 3. The summed E-state index contributed by atoms with van der Waals surface area (Å²) in [6.45, 7) is 4.21. The highest BCUT2D eigenvalue weighted by Crippen LogP contribution is 2.25. The van der Waals surface area contributed by atoms with Crippen molar-refractivity contribution < 1.29 is 0 Å². The Morgan fingerprint density at radius 3 is 3.00 bits per heavy atom. The lowest BCUT2D eigenvalue weighted by Crippen LogP contribution is -2.24. The highest BCUT2D eigenvalue weighted by Gasteiger charge is 2.17. The monoisotopic (exact) mass is 287 g/mol. The zero-order valence-electron chi connectivity index (χ0n) is 11.4. The normalized spacial score (nSPS) is 11.1. The maximum absolute atomic E-state index is 5.91. The SMILES string of the molecule is CCN(Cc1ccccn1)c1nc2sccn2c1CN. The average molecular weight is 287 g/mol. The summed E-state index contributed by atoms with van der Waals surface area (Å²) in [7, 11) is 0. The van der Waals surface area contributed by atoms with E-state index >= 15 is 0 Å². The van der Waals surface area contributed by atoms with Crippen LogP contribution < -0.4 is 10.6 Å². The van der Waals surface area contributed by atoms with Crippen LogP contribution in [0.4, 0.5) is 5.82 Å². The Bertz CT molecular complexity index is 688. The third-order valence-corrected chi connectivity index (χ3v) is 4.05. The first-order chi connectivity index (χ1) is 9.83. The van der Waals surface area contributed by atoms with Gasteiger partial charge in [-0.3, -0.25) is 9.38 Å². The van der Waals surface area contributed by atoms with E-state index in [2.05, 4.69) is 21.2 Å². The lowest BCUT2D eigenvalue weighted by Gasteiger charge is -2.21. The van der Waals surface area contributed by atoms with Gasteiger partial charge in [-0.1, -0.05) is 6.07 Å². The molecule has 0 aromatic carbocycles. The van der Waals surface area contributed by atoms with Crippen LogP contribution in [0.5, 0.6) is 0 Å². The lowest BCUT2D eigenvalue weighted by atomic mass is 10.3. The van der Waals surface area contributed by atoms with Crippen LogP contribution in [-0.2, 0) is 13.1 Å². The number of hydrogen-bond donors (Lipinski definition) is 1. The third-order valence-electron chi connectivity index (χ3n) is 3.29. The number of imidazole rings is 1. The molecule has 0 spiro atoms. The molecule has 6 heteroatoms. The molecule has 0 fully saturated rings. The van der Waals surface area contributed by atoms with Gasteiger partial charge in [-0.05, 0) is 19.1 Å². The summed E-state index contributed by atoms with van der Waals surface area (Å²) >= 11 is 1.63. The summed E-state index contributed by atoms with van der Waals surface area (Å²) in [5, 5.41) is 2.03. The van der Waals surface area contributed by atoms with Crippen LogP contribution in [0.2, 0.25) is 0 Å². The summed E-state index contributed by atoms with van der Waals surface area (Å²) in [6, 6.07) is 5.96.